The van der Waals surface area contributed by atoms with Gasteiger partial charge in [-0.15, -0.1) is 0 Å². The van der Waals surface area contributed by atoms with Crippen LogP contribution in [-0.2, 0) is 4.79 Å². The summed E-state index contributed by atoms with van der Waals surface area (Å²) in [7, 11) is 0. The van der Waals surface area contributed by atoms with Gasteiger partial charge in [-0.3, -0.25) is 4.79 Å². The lowest BCUT2D eigenvalue weighted by Crippen LogP contribution is -2.20. The smallest absolute Gasteiger partial charge is 0.325 e. The Morgan fingerprint density at radius 3 is 2.38 bits per heavy atom. The quantitative estimate of drug-likeness (QED) is 0.713. The highest BCUT2D eigenvalue weighted by atomic mass is 16.4. The SMILES string of the molecule is NC(C(=O)O)c1ccc(O)c2ccccc12. The van der Waals surface area contributed by atoms with Crippen LogP contribution in [0.1, 0.15) is 11.6 Å². The van der Waals surface area contributed by atoms with E-state index in [-0.39, 0.29) is 5.75 Å². The lowest BCUT2D eigenvalue weighted by molar-refractivity contribution is -0.138. The monoisotopic (exact) mass is 217 g/mol. The van der Waals surface area contributed by atoms with Gasteiger partial charge in [0, 0.05) is 5.39 Å². The Morgan fingerprint density at radius 1 is 1.12 bits per heavy atom. The van der Waals surface area contributed by atoms with E-state index in [1.807, 2.05) is 0 Å². The molecule has 0 saturated carbocycles. The van der Waals surface area contributed by atoms with Crippen LogP contribution in [0.2, 0.25) is 0 Å². The number of carboxylic acids is 1. The summed E-state index contributed by atoms with van der Waals surface area (Å²) >= 11 is 0. The van der Waals surface area contributed by atoms with Crippen LogP contribution in [0.5, 0.6) is 5.75 Å². The van der Waals surface area contributed by atoms with Gasteiger partial charge in [-0.2, -0.15) is 0 Å². The number of rotatable bonds is 2. The van der Waals surface area contributed by atoms with E-state index in [2.05, 4.69) is 0 Å². The summed E-state index contributed by atoms with van der Waals surface area (Å²) in [6.45, 7) is 0. The van der Waals surface area contributed by atoms with E-state index in [1.54, 1.807) is 24.3 Å². The lowest BCUT2D eigenvalue weighted by Gasteiger charge is -2.11. The molecular weight excluding hydrogens is 206 g/mol. The van der Waals surface area contributed by atoms with Gasteiger partial charge < -0.3 is 15.9 Å². The van der Waals surface area contributed by atoms with E-state index in [0.717, 1.165) is 0 Å². The van der Waals surface area contributed by atoms with Crippen LogP contribution >= 0.6 is 0 Å². The van der Waals surface area contributed by atoms with Gasteiger partial charge >= 0.3 is 5.97 Å². The minimum absolute atomic E-state index is 0.122. The topological polar surface area (TPSA) is 83.6 Å². The first-order valence-electron chi connectivity index (χ1n) is 4.80. The second-order valence-electron chi connectivity index (χ2n) is 3.54. The first-order valence-corrected chi connectivity index (χ1v) is 4.80. The van der Waals surface area contributed by atoms with E-state index >= 15 is 0 Å². The van der Waals surface area contributed by atoms with Crippen LogP contribution in [0.15, 0.2) is 36.4 Å². The molecule has 82 valence electrons. The molecule has 0 saturated heterocycles. The van der Waals surface area contributed by atoms with E-state index in [1.165, 1.54) is 12.1 Å². The molecule has 2 aromatic rings. The molecule has 0 aliphatic carbocycles. The first kappa shape index (κ1) is 10.4. The van der Waals surface area contributed by atoms with Crippen LogP contribution < -0.4 is 5.73 Å². The van der Waals surface area contributed by atoms with Gasteiger partial charge in [0.25, 0.3) is 0 Å². The van der Waals surface area contributed by atoms with Crippen molar-refractivity contribution in [3.05, 3.63) is 42.0 Å². The fraction of sp³-hybridized carbons (Fsp3) is 0.0833. The Hall–Kier alpha value is -2.07. The molecular formula is C12H11NO3. The molecule has 1 unspecified atom stereocenters. The molecule has 4 heteroatoms. The van der Waals surface area contributed by atoms with Crippen molar-refractivity contribution in [2.75, 3.05) is 0 Å². The number of fused-ring (bicyclic) bond motifs is 1. The third kappa shape index (κ3) is 1.59. The molecule has 0 aliphatic heterocycles. The van der Waals surface area contributed by atoms with Gasteiger partial charge in [0.15, 0.2) is 0 Å². The molecule has 2 aromatic carbocycles. The first-order chi connectivity index (χ1) is 7.61. The van der Waals surface area contributed by atoms with Crippen molar-refractivity contribution >= 4 is 16.7 Å². The number of aliphatic carboxylic acids is 1. The standard InChI is InChI=1S/C12H11NO3/c13-11(12(15)16)9-5-6-10(14)8-4-2-1-3-7(8)9/h1-6,11,14H,13H2,(H,15,16). The third-order valence-corrected chi connectivity index (χ3v) is 2.54. The predicted molar refractivity (Wildman–Crippen MR) is 60.2 cm³/mol. The van der Waals surface area contributed by atoms with Crippen LogP contribution in [0.4, 0.5) is 0 Å². The minimum Gasteiger partial charge on any atom is -0.507 e. The molecule has 2 rings (SSSR count). The molecule has 0 fully saturated rings. The van der Waals surface area contributed by atoms with Gasteiger partial charge in [0.1, 0.15) is 11.8 Å². The van der Waals surface area contributed by atoms with Crippen molar-refractivity contribution in [2.45, 2.75) is 6.04 Å². The summed E-state index contributed by atoms with van der Waals surface area (Å²) in [5, 5.41) is 19.8. The molecule has 16 heavy (non-hydrogen) atoms. The molecule has 1 atom stereocenters. The van der Waals surface area contributed by atoms with Crippen LogP contribution in [0, 0.1) is 0 Å². The van der Waals surface area contributed by atoms with Crippen molar-refractivity contribution in [1.82, 2.24) is 0 Å². The number of benzene rings is 2. The molecule has 4 nitrogen and oxygen atoms in total. The van der Waals surface area contributed by atoms with E-state index in [4.69, 9.17) is 10.8 Å². The minimum atomic E-state index is -1.09. The van der Waals surface area contributed by atoms with Gasteiger partial charge in [0.05, 0.1) is 0 Å². The predicted octanol–water partition coefficient (Wildman–Crippen LogP) is 1.63. The molecule has 0 aliphatic rings. The van der Waals surface area contributed by atoms with Gasteiger partial charge in [0.2, 0.25) is 0 Å². The average Bonchev–Trinajstić information content (AvgIpc) is 2.29. The summed E-state index contributed by atoms with van der Waals surface area (Å²) in [4.78, 5) is 10.8. The number of hydrogen-bond donors (Lipinski definition) is 3. The maximum Gasteiger partial charge on any atom is 0.325 e. The Bertz CT molecular complexity index is 551. The highest BCUT2D eigenvalue weighted by Crippen LogP contribution is 2.29. The van der Waals surface area contributed by atoms with Crippen molar-refractivity contribution in [3.63, 3.8) is 0 Å². The van der Waals surface area contributed by atoms with E-state index in [0.29, 0.717) is 16.3 Å². The Morgan fingerprint density at radius 2 is 1.75 bits per heavy atom. The number of aromatic hydroxyl groups is 1. The molecule has 0 heterocycles. The molecule has 0 amide bonds. The van der Waals surface area contributed by atoms with Gasteiger partial charge in [-0.1, -0.05) is 30.3 Å². The zero-order valence-electron chi connectivity index (χ0n) is 8.42. The van der Waals surface area contributed by atoms with Crippen LogP contribution in [0.3, 0.4) is 0 Å². The number of carbonyl (C=O) groups is 1. The summed E-state index contributed by atoms with van der Waals surface area (Å²) in [6.07, 6.45) is 0. The summed E-state index contributed by atoms with van der Waals surface area (Å²) < 4.78 is 0. The molecule has 0 spiro atoms. The number of carboxylic acid groups (broad SMARTS) is 1. The zero-order chi connectivity index (χ0) is 11.7. The Balaban J connectivity index is 2.72. The highest BCUT2D eigenvalue weighted by Gasteiger charge is 2.17. The van der Waals surface area contributed by atoms with Gasteiger partial charge in [-0.05, 0) is 17.0 Å². The van der Waals surface area contributed by atoms with Gasteiger partial charge in [-0.25, -0.2) is 0 Å². The number of phenols is 1. The second kappa shape index (κ2) is 3.83. The molecule has 4 N–H and O–H groups in total. The van der Waals surface area contributed by atoms with Crippen LogP contribution in [-0.4, -0.2) is 16.2 Å². The number of hydrogen-bond acceptors (Lipinski definition) is 3. The summed E-state index contributed by atoms with van der Waals surface area (Å²) in [5.74, 6) is -0.965. The Kier molecular flexibility index (Phi) is 2.50. The maximum atomic E-state index is 10.8. The fourth-order valence-corrected chi connectivity index (χ4v) is 1.71. The molecule has 0 aromatic heterocycles. The van der Waals surface area contributed by atoms with Crippen molar-refractivity contribution in [3.8, 4) is 5.75 Å². The normalized spacial score (nSPS) is 12.6. The number of nitrogens with two attached hydrogens (primary N) is 1. The molecule has 0 radical (unpaired) electrons. The average molecular weight is 217 g/mol. The van der Waals surface area contributed by atoms with Crippen LogP contribution in [0.25, 0.3) is 10.8 Å². The summed E-state index contributed by atoms with van der Waals surface area (Å²) in [5.41, 5.74) is 6.07. The molecule has 0 bridgehead atoms. The van der Waals surface area contributed by atoms with Crippen molar-refractivity contribution in [1.29, 1.82) is 0 Å². The third-order valence-electron chi connectivity index (χ3n) is 2.54. The van der Waals surface area contributed by atoms with Crippen molar-refractivity contribution in [2.24, 2.45) is 5.73 Å². The summed E-state index contributed by atoms with van der Waals surface area (Å²) in [6, 6.07) is 8.94. The second-order valence-corrected chi connectivity index (χ2v) is 3.54. The Labute approximate surface area is 91.9 Å². The van der Waals surface area contributed by atoms with E-state index < -0.39 is 12.0 Å². The largest absolute Gasteiger partial charge is 0.507 e. The van der Waals surface area contributed by atoms with E-state index in [9.17, 15) is 9.90 Å². The fourth-order valence-electron chi connectivity index (χ4n) is 1.71. The zero-order valence-corrected chi connectivity index (χ0v) is 8.42. The highest BCUT2D eigenvalue weighted by molar-refractivity contribution is 5.94. The maximum absolute atomic E-state index is 10.8. The van der Waals surface area contributed by atoms with Crippen molar-refractivity contribution < 1.29 is 15.0 Å². The lowest BCUT2D eigenvalue weighted by atomic mass is 9.99. The number of phenolic OH excluding ortho intramolecular Hbond substituents is 1.